The number of carbonyl (C=O) groups is 1. The molecule has 1 aromatic carbocycles. The van der Waals surface area contributed by atoms with Gasteiger partial charge in [0.2, 0.25) is 0 Å². The zero-order chi connectivity index (χ0) is 18.9. The molecule has 0 unspecified atom stereocenters. The highest BCUT2D eigenvalue weighted by Gasteiger charge is 2.07. The second kappa shape index (κ2) is 9.19. The van der Waals surface area contributed by atoms with Gasteiger partial charge in [0.15, 0.2) is 18.1 Å². The number of nitrogens with one attached hydrogen (secondary N) is 2. The second-order valence-electron chi connectivity index (χ2n) is 5.63. The standard InChI is InChI=1S/C20H20N4O3/c1-26-17-4-2-3-5-18(17)27-14-20(25)24-16-6-7-19(23-13-16)22-12-15-8-10-21-11-9-15/h2-11,13H,12,14H2,1H3,(H,22,23)(H,24,25). The molecule has 0 aliphatic heterocycles. The summed E-state index contributed by atoms with van der Waals surface area (Å²) in [5.74, 6) is 1.54. The molecular formula is C20H20N4O3. The van der Waals surface area contributed by atoms with E-state index in [-0.39, 0.29) is 12.5 Å². The molecule has 0 aliphatic rings. The number of methoxy groups -OCH3 is 1. The number of nitrogens with zero attached hydrogens (tertiary/aromatic N) is 2. The normalized spacial score (nSPS) is 10.1. The van der Waals surface area contributed by atoms with Gasteiger partial charge in [0.05, 0.1) is 19.0 Å². The van der Waals surface area contributed by atoms with E-state index >= 15 is 0 Å². The van der Waals surface area contributed by atoms with Crippen LogP contribution in [-0.2, 0) is 11.3 Å². The third-order valence-electron chi connectivity index (χ3n) is 3.70. The van der Waals surface area contributed by atoms with E-state index in [1.807, 2.05) is 24.3 Å². The summed E-state index contributed by atoms with van der Waals surface area (Å²) >= 11 is 0. The van der Waals surface area contributed by atoms with Gasteiger partial charge in [0.1, 0.15) is 5.82 Å². The number of hydrogen-bond acceptors (Lipinski definition) is 6. The molecule has 0 saturated heterocycles. The molecule has 2 heterocycles. The van der Waals surface area contributed by atoms with Crippen LogP contribution in [0, 0.1) is 0 Å². The van der Waals surface area contributed by atoms with Crippen molar-refractivity contribution in [1.82, 2.24) is 9.97 Å². The van der Waals surface area contributed by atoms with Crippen LogP contribution >= 0.6 is 0 Å². The minimum atomic E-state index is -0.278. The average Bonchev–Trinajstić information content (AvgIpc) is 2.72. The molecule has 138 valence electrons. The summed E-state index contributed by atoms with van der Waals surface area (Å²) in [5, 5.41) is 5.96. The van der Waals surface area contributed by atoms with Crippen molar-refractivity contribution in [1.29, 1.82) is 0 Å². The first-order valence-corrected chi connectivity index (χ1v) is 8.39. The number of ether oxygens (including phenoxy) is 2. The van der Waals surface area contributed by atoms with Crippen LogP contribution < -0.4 is 20.1 Å². The Balaban J connectivity index is 1.48. The van der Waals surface area contributed by atoms with Gasteiger partial charge in [-0.25, -0.2) is 4.98 Å². The van der Waals surface area contributed by atoms with Gasteiger partial charge in [-0.2, -0.15) is 0 Å². The zero-order valence-corrected chi connectivity index (χ0v) is 14.9. The van der Waals surface area contributed by atoms with E-state index in [4.69, 9.17) is 9.47 Å². The van der Waals surface area contributed by atoms with Crippen LogP contribution in [0.15, 0.2) is 67.1 Å². The number of para-hydroxylation sites is 2. The maximum Gasteiger partial charge on any atom is 0.262 e. The van der Waals surface area contributed by atoms with E-state index in [1.165, 1.54) is 0 Å². The van der Waals surface area contributed by atoms with E-state index in [2.05, 4.69) is 20.6 Å². The quantitative estimate of drug-likeness (QED) is 0.639. The van der Waals surface area contributed by atoms with E-state index in [9.17, 15) is 4.79 Å². The highest BCUT2D eigenvalue weighted by atomic mass is 16.5. The molecule has 0 bridgehead atoms. The molecule has 0 atom stereocenters. The van der Waals surface area contributed by atoms with Crippen molar-refractivity contribution in [2.75, 3.05) is 24.4 Å². The average molecular weight is 364 g/mol. The lowest BCUT2D eigenvalue weighted by molar-refractivity contribution is -0.118. The summed E-state index contributed by atoms with van der Waals surface area (Å²) in [6.07, 6.45) is 5.09. The van der Waals surface area contributed by atoms with Gasteiger partial charge in [0, 0.05) is 18.9 Å². The second-order valence-corrected chi connectivity index (χ2v) is 5.63. The minimum Gasteiger partial charge on any atom is -0.493 e. The van der Waals surface area contributed by atoms with Crippen molar-refractivity contribution in [2.24, 2.45) is 0 Å². The van der Waals surface area contributed by atoms with Gasteiger partial charge < -0.3 is 20.1 Å². The van der Waals surface area contributed by atoms with Crippen molar-refractivity contribution in [2.45, 2.75) is 6.54 Å². The van der Waals surface area contributed by atoms with Crippen LogP contribution in [0.25, 0.3) is 0 Å². The van der Waals surface area contributed by atoms with Crippen molar-refractivity contribution in [3.8, 4) is 11.5 Å². The van der Waals surface area contributed by atoms with Crippen LogP contribution in [0.4, 0.5) is 11.5 Å². The van der Waals surface area contributed by atoms with Gasteiger partial charge in [-0.15, -0.1) is 0 Å². The summed E-state index contributed by atoms with van der Waals surface area (Å²) in [7, 11) is 1.55. The molecule has 2 aromatic heterocycles. The van der Waals surface area contributed by atoms with E-state index in [0.29, 0.717) is 23.7 Å². The molecule has 0 radical (unpaired) electrons. The molecule has 0 aliphatic carbocycles. The van der Waals surface area contributed by atoms with Gasteiger partial charge in [0.25, 0.3) is 5.91 Å². The fourth-order valence-electron chi connectivity index (χ4n) is 2.34. The lowest BCUT2D eigenvalue weighted by Crippen LogP contribution is -2.20. The highest BCUT2D eigenvalue weighted by molar-refractivity contribution is 5.91. The van der Waals surface area contributed by atoms with Crippen molar-refractivity contribution < 1.29 is 14.3 Å². The first-order chi connectivity index (χ1) is 13.2. The molecule has 0 fully saturated rings. The Hall–Kier alpha value is -3.61. The molecule has 7 nitrogen and oxygen atoms in total. The number of benzene rings is 1. The Labute approximate surface area is 157 Å². The highest BCUT2D eigenvalue weighted by Crippen LogP contribution is 2.25. The number of aromatic nitrogens is 2. The number of amides is 1. The third kappa shape index (κ3) is 5.43. The molecule has 27 heavy (non-hydrogen) atoms. The van der Waals surface area contributed by atoms with Gasteiger partial charge >= 0.3 is 0 Å². The molecule has 0 spiro atoms. The van der Waals surface area contributed by atoms with Crippen molar-refractivity contribution in [3.63, 3.8) is 0 Å². The molecule has 3 aromatic rings. The van der Waals surface area contributed by atoms with E-state index < -0.39 is 0 Å². The van der Waals surface area contributed by atoms with E-state index in [1.54, 1.807) is 50.0 Å². The van der Waals surface area contributed by atoms with E-state index in [0.717, 1.165) is 11.4 Å². The Morgan fingerprint density at radius 2 is 1.81 bits per heavy atom. The van der Waals surface area contributed by atoms with Crippen LogP contribution in [0.2, 0.25) is 0 Å². The maximum atomic E-state index is 12.1. The SMILES string of the molecule is COc1ccccc1OCC(=O)Nc1ccc(NCc2ccncc2)nc1. The predicted molar refractivity (Wildman–Crippen MR) is 103 cm³/mol. The number of carbonyl (C=O) groups excluding carboxylic acids is 1. The zero-order valence-electron chi connectivity index (χ0n) is 14.9. The number of anilines is 2. The number of pyridine rings is 2. The Bertz CT molecular complexity index is 870. The fourth-order valence-corrected chi connectivity index (χ4v) is 2.34. The lowest BCUT2D eigenvalue weighted by atomic mass is 10.3. The lowest BCUT2D eigenvalue weighted by Gasteiger charge is -2.11. The Kier molecular flexibility index (Phi) is 6.19. The van der Waals surface area contributed by atoms with Crippen LogP contribution in [0.5, 0.6) is 11.5 Å². The molecule has 7 heteroatoms. The summed E-state index contributed by atoms with van der Waals surface area (Å²) in [6.45, 7) is 0.524. The maximum absolute atomic E-state index is 12.1. The van der Waals surface area contributed by atoms with Crippen LogP contribution in [0.3, 0.4) is 0 Å². The fraction of sp³-hybridized carbons (Fsp3) is 0.150. The summed E-state index contributed by atoms with van der Waals surface area (Å²) in [6, 6.07) is 14.6. The van der Waals surface area contributed by atoms with Gasteiger partial charge in [-0.1, -0.05) is 12.1 Å². The third-order valence-corrected chi connectivity index (χ3v) is 3.70. The van der Waals surface area contributed by atoms with Gasteiger partial charge in [-0.05, 0) is 42.0 Å². The van der Waals surface area contributed by atoms with Crippen molar-refractivity contribution in [3.05, 3.63) is 72.7 Å². The molecule has 0 saturated carbocycles. The summed E-state index contributed by atoms with van der Waals surface area (Å²) in [4.78, 5) is 20.3. The minimum absolute atomic E-state index is 0.123. The van der Waals surface area contributed by atoms with Crippen molar-refractivity contribution >= 4 is 17.4 Å². The Morgan fingerprint density at radius 1 is 1.04 bits per heavy atom. The molecular weight excluding hydrogens is 344 g/mol. The van der Waals surface area contributed by atoms with Gasteiger partial charge in [-0.3, -0.25) is 9.78 Å². The summed E-state index contributed by atoms with van der Waals surface area (Å²) in [5.41, 5.74) is 1.70. The van der Waals surface area contributed by atoms with Crippen LogP contribution in [0.1, 0.15) is 5.56 Å². The van der Waals surface area contributed by atoms with Crippen LogP contribution in [-0.4, -0.2) is 29.6 Å². The predicted octanol–water partition coefficient (Wildman–Crippen LogP) is 3.11. The molecule has 3 rings (SSSR count). The smallest absolute Gasteiger partial charge is 0.262 e. The topological polar surface area (TPSA) is 85.4 Å². The number of rotatable bonds is 8. The Morgan fingerprint density at radius 3 is 2.52 bits per heavy atom. The number of hydrogen-bond donors (Lipinski definition) is 2. The molecule has 1 amide bonds. The molecule has 2 N–H and O–H groups in total. The first-order valence-electron chi connectivity index (χ1n) is 8.39. The first kappa shape index (κ1) is 18.2. The summed E-state index contributed by atoms with van der Waals surface area (Å²) < 4.78 is 10.7. The monoisotopic (exact) mass is 364 g/mol. The largest absolute Gasteiger partial charge is 0.493 e.